The monoisotopic (exact) mass is 454 g/mol. The number of aliphatic hydroxyl groups is 1. The van der Waals surface area contributed by atoms with Crippen molar-refractivity contribution in [2.75, 3.05) is 18.5 Å². The van der Waals surface area contributed by atoms with E-state index < -0.39 is 11.6 Å². The second-order valence-corrected chi connectivity index (χ2v) is 11.0. The van der Waals surface area contributed by atoms with E-state index in [0.29, 0.717) is 18.7 Å². The number of hydrogen-bond donors (Lipinski definition) is 2. The van der Waals surface area contributed by atoms with Crippen LogP contribution in [0.3, 0.4) is 0 Å². The molecule has 2 N–H and O–H groups in total. The van der Waals surface area contributed by atoms with Crippen molar-refractivity contribution in [2.24, 2.45) is 23.2 Å². The van der Waals surface area contributed by atoms with Crippen molar-refractivity contribution in [2.45, 2.75) is 64.1 Å². The summed E-state index contributed by atoms with van der Waals surface area (Å²) in [6, 6.07) is 3.79. The minimum atomic E-state index is -0.554. The summed E-state index contributed by atoms with van der Waals surface area (Å²) in [5, 5.41) is 14.1. The lowest BCUT2D eigenvalue weighted by Gasteiger charge is -2.59. The first-order valence-corrected chi connectivity index (χ1v) is 12.4. The van der Waals surface area contributed by atoms with Gasteiger partial charge in [0.05, 0.1) is 18.3 Å². The van der Waals surface area contributed by atoms with Crippen molar-refractivity contribution in [1.82, 2.24) is 14.9 Å². The van der Waals surface area contributed by atoms with E-state index in [4.69, 9.17) is 0 Å². The molecule has 5 aliphatic rings. The molecule has 1 aromatic carbocycles. The molecule has 4 saturated carbocycles. The largest absolute Gasteiger partial charge is 0.394 e. The Balaban J connectivity index is 1.19. The number of anilines is 1. The van der Waals surface area contributed by atoms with Crippen LogP contribution >= 0.6 is 0 Å². The number of fused-ring (bicyclic) bond motifs is 1. The highest BCUT2D eigenvalue weighted by molar-refractivity contribution is 5.48. The lowest BCUT2D eigenvalue weighted by Crippen LogP contribution is -2.55. The molecule has 4 fully saturated rings. The third-order valence-electron chi connectivity index (χ3n) is 8.81. The van der Waals surface area contributed by atoms with E-state index in [1.54, 1.807) is 6.33 Å². The van der Waals surface area contributed by atoms with E-state index in [1.807, 2.05) is 0 Å². The van der Waals surface area contributed by atoms with Gasteiger partial charge in [0.1, 0.15) is 23.8 Å². The normalized spacial score (nSPS) is 31.4. The lowest BCUT2D eigenvalue weighted by atomic mass is 9.47. The molecule has 1 aliphatic heterocycles. The molecular weight excluding hydrogens is 422 g/mol. The Morgan fingerprint density at radius 1 is 1.09 bits per heavy atom. The summed E-state index contributed by atoms with van der Waals surface area (Å²) in [5.74, 6) is 2.27. The molecule has 0 amide bonds. The van der Waals surface area contributed by atoms with E-state index in [0.717, 1.165) is 53.9 Å². The van der Waals surface area contributed by atoms with E-state index in [2.05, 4.69) is 20.2 Å². The van der Waals surface area contributed by atoms with Crippen molar-refractivity contribution in [3.05, 3.63) is 53.0 Å². The van der Waals surface area contributed by atoms with Crippen LogP contribution in [0.15, 0.2) is 24.5 Å². The molecule has 33 heavy (non-hydrogen) atoms. The van der Waals surface area contributed by atoms with Crippen LogP contribution in [0.1, 0.15) is 55.3 Å². The Labute approximate surface area is 193 Å². The number of halogens is 2. The van der Waals surface area contributed by atoms with Gasteiger partial charge in [0.25, 0.3) is 0 Å². The van der Waals surface area contributed by atoms with Gasteiger partial charge in [-0.15, -0.1) is 0 Å². The maximum absolute atomic E-state index is 14.1. The second-order valence-electron chi connectivity index (χ2n) is 11.0. The number of aliphatic hydroxyl groups excluding tert-OH is 1. The summed E-state index contributed by atoms with van der Waals surface area (Å²) in [6.07, 6.45) is 10.2. The van der Waals surface area contributed by atoms with Crippen molar-refractivity contribution in [3.8, 4) is 0 Å². The molecule has 0 spiro atoms. The van der Waals surface area contributed by atoms with Gasteiger partial charge in [-0.25, -0.2) is 18.7 Å². The third kappa shape index (κ3) is 3.93. The first-order chi connectivity index (χ1) is 16.0. The van der Waals surface area contributed by atoms with Crippen LogP contribution < -0.4 is 5.32 Å². The average molecular weight is 455 g/mol. The Bertz CT molecular complexity index is 1010. The van der Waals surface area contributed by atoms with Crippen molar-refractivity contribution >= 4 is 5.82 Å². The zero-order valence-corrected chi connectivity index (χ0v) is 18.9. The van der Waals surface area contributed by atoms with Crippen LogP contribution in [0.2, 0.25) is 0 Å². The molecule has 5 nitrogen and oxygen atoms in total. The molecule has 0 saturated heterocycles. The zero-order chi connectivity index (χ0) is 22.6. The maximum atomic E-state index is 14.1. The van der Waals surface area contributed by atoms with Gasteiger partial charge >= 0.3 is 0 Å². The van der Waals surface area contributed by atoms with Crippen LogP contribution in [0.25, 0.3) is 0 Å². The van der Waals surface area contributed by atoms with Crippen molar-refractivity contribution in [1.29, 1.82) is 0 Å². The highest BCUT2D eigenvalue weighted by Crippen LogP contribution is 2.61. The summed E-state index contributed by atoms with van der Waals surface area (Å²) in [5.41, 5.74) is 2.73. The first-order valence-electron chi connectivity index (χ1n) is 12.4. The predicted molar refractivity (Wildman–Crippen MR) is 121 cm³/mol. The maximum Gasteiger partial charge on any atom is 0.133 e. The van der Waals surface area contributed by atoms with Gasteiger partial charge in [-0.1, -0.05) is 6.07 Å². The molecular formula is C26H32F2N4O. The fraction of sp³-hybridized carbons (Fsp3) is 0.615. The number of hydrogen-bond acceptors (Lipinski definition) is 5. The Hall–Kier alpha value is -2.12. The molecule has 1 unspecified atom stereocenters. The SMILES string of the molecule is OCC(Nc1ncnc2c1CCN(Cc1ccc(F)cc1F)C2)C12CC3CC(CC(C3)C1)C2. The molecule has 2 heterocycles. The lowest BCUT2D eigenvalue weighted by molar-refractivity contribution is -0.0705. The van der Waals surface area contributed by atoms with Gasteiger partial charge in [-0.05, 0) is 74.2 Å². The number of nitrogens with zero attached hydrogens (tertiary/aromatic N) is 3. The molecule has 176 valence electrons. The van der Waals surface area contributed by atoms with Gasteiger partial charge in [-0.3, -0.25) is 4.90 Å². The van der Waals surface area contributed by atoms with Gasteiger partial charge in [-0.2, -0.15) is 0 Å². The van der Waals surface area contributed by atoms with Crippen LogP contribution in [0.5, 0.6) is 0 Å². The summed E-state index contributed by atoms with van der Waals surface area (Å²) in [7, 11) is 0. The fourth-order valence-corrected chi connectivity index (χ4v) is 7.72. The summed E-state index contributed by atoms with van der Waals surface area (Å²) >= 11 is 0. The van der Waals surface area contributed by atoms with Crippen molar-refractivity contribution in [3.63, 3.8) is 0 Å². The number of nitrogens with one attached hydrogen (secondary N) is 1. The Morgan fingerprint density at radius 3 is 2.48 bits per heavy atom. The minimum absolute atomic E-state index is 0.0243. The molecule has 2 aromatic rings. The molecule has 4 bridgehead atoms. The summed E-state index contributed by atoms with van der Waals surface area (Å²) < 4.78 is 27.4. The number of aromatic nitrogens is 2. The highest BCUT2D eigenvalue weighted by atomic mass is 19.1. The average Bonchev–Trinajstić information content (AvgIpc) is 2.78. The zero-order valence-electron chi connectivity index (χ0n) is 18.9. The van der Waals surface area contributed by atoms with Gasteiger partial charge in [0.2, 0.25) is 0 Å². The molecule has 0 radical (unpaired) electrons. The summed E-state index contributed by atoms with van der Waals surface area (Å²) in [4.78, 5) is 11.2. The van der Waals surface area contributed by atoms with E-state index in [9.17, 15) is 13.9 Å². The quantitative estimate of drug-likeness (QED) is 0.682. The van der Waals surface area contributed by atoms with Crippen molar-refractivity contribution < 1.29 is 13.9 Å². The van der Waals surface area contributed by atoms with E-state index in [-0.39, 0.29) is 18.1 Å². The predicted octanol–water partition coefficient (Wildman–Crippen LogP) is 4.30. The molecule has 4 aliphatic carbocycles. The molecule has 1 atom stereocenters. The standard InChI is InChI=1S/C26H32F2N4O/c27-20-2-1-19(22(28)8-20)12-32-4-3-21-23(13-32)29-15-30-25(21)31-24(14-33)26-9-16-5-17(10-26)7-18(6-16)11-26/h1-2,8,15-18,24,33H,3-7,9-14H2,(H,29,30,31). The number of rotatable bonds is 6. The van der Waals surface area contributed by atoms with E-state index >= 15 is 0 Å². The van der Waals surface area contributed by atoms with Crippen LogP contribution in [-0.4, -0.2) is 39.2 Å². The third-order valence-corrected chi connectivity index (χ3v) is 8.81. The van der Waals surface area contributed by atoms with Gasteiger partial charge < -0.3 is 10.4 Å². The minimum Gasteiger partial charge on any atom is -0.394 e. The fourth-order valence-electron chi connectivity index (χ4n) is 7.72. The Morgan fingerprint density at radius 2 is 1.82 bits per heavy atom. The highest BCUT2D eigenvalue weighted by Gasteiger charge is 2.54. The van der Waals surface area contributed by atoms with E-state index in [1.165, 1.54) is 50.7 Å². The van der Waals surface area contributed by atoms with Crippen LogP contribution in [0.4, 0.5) is 14.6 Å². The van der Waals surface area contributed by atoms with Crippen LogP contribution in [0, 0.1) is 34.8 Å². The Kier molecular flexibility index (Phi) is 5.37. The van der Waals surface area contributed by atoms with Crippen LogP contribution in [-0.2, 0) is 19.5 Å². The molecule has 7 heteroatoms. The summed E-state index contributed by atoms with van der Waals surface area (Å²) in [6.45, 7) is 1.91. The second kappa shape index (κ2) is 8.27. The van der Waals surface area contributed by atoms with Gasteiger partial charge in [0.15, 0.2) is 0 Å². The topological polar surface area (TPSA) is 61.3 Å². The molecule has 7 rings (SSSR count). The van der Waals surface area contributed by atoms with Gasteiger partial charge in [0, 0.05) is 36.8 Å². The molecule has 1 aromatic heterocycles. The smallest absolute Gasteiger partial charge is 0.133 e. The first kappa shape index (κ1) is 21.4. The number of benzene rings is 1.